The fourth-order valence-electron chi connectivity index (χ4n) is 1.42. The van der Waals surface area contributed by atoms with E-state index in [-0.39, 0.29) is 10.9 Å². The topological polar surface area (TPSA) is 0 Å². The van der Waals surface area contributed by atoms with Crippen molar-refractivity contribution >= 4 is 17.0 Å². The maximum atomic E-state index is 2.36. The number of hydrogen-bond donors (Lipinski definition) is 1. The lowest BCUT2D eigenvalue weighted by Gasteiger charge is -2.11. The average Bonchev–Trinajstić information content (AvgIpc) is 2.47. The molecule has 0 saturated heterocycles. The zero-order chi connectivity index (χ0) is 7.68. The van der Waals surface area contributed by atoms with Gasteiger partial charge in [0.25, 0.3) is 0 Å². The summed E-state index contributed by atoms with van der Waals surface area (Å²) in [4.78, 5) is 1.56. The fraction of sp³-hybridized carbons (Fsp3) is 0.200. The first-order valence-electron chi connectivity index (χ1n) is 3.95. The van der Waals surface area contributed by atoms with Crippen LogP contribution < -0.4 is 0 Å². The van der Waals surface area contributed by atoms with Crippen LogP contribution in [0.2, 0.25) is 0 Å². The molecule has 0 aliphatic carbocycles. The Morgan fingerprint density at radius 3 is 2.91 bits per heavy atom. The number of fused-ring (bicyclic) bond motifs is 1. The Bertz CT molecular complexity index is 289. The molecule has 0 N–H and O–H groups in total. The van der Waals surface area contributed by atoms with Gasteiger partial charge >= 0.3 is 0 Å². The standard InChI is InChI=1S/C10H12S/c1-2-11-8-7-9-5-3-4-6-10(9)11/h3-8,11H,2H2,1H3. The van der Waals surface area contributed by atoms with E-state index in [1.54, 1.807) is 4.90 Å². The molecule has 1 aromatic carbocycles. The van der Waals surface area contributed by atoms with Gasteiger partial charge < -0.3 is 0 Å². The largest absolute Gasteiger partial charge is 0.206 e. The molecule has 0 radical (unpaired) electrons. The summed E-state index contributed by atoms with van der Waals surface area (Å²) < 4.78 is 0. The van der Waals surface area contributed by atoms with Crippen LogP contribution in [0.1, 0.15) is 12.5 Å². The third kappa shape index (κ3) is 1.10. The van der Waals surface area contributed by atoms with E-state index in [1.807, 2.05) is 0 Å². The molecular weight excluding hydrogens is 152 g/mol. The summed E-state index contributed by atoms with van der Waals surface area (Å²) in [6.07, 6.45) is 2.25. The molecule has 1 heteroatoms. The predicted octanol–water partition coefficient (Wildman–Crippen LogP) is 3.05. The second kappa shape index (κ2) is 2.74. The van der Waals surface area contributed by atoms with Crippen molar-refractivity contribution in [3.63, 3.8) is 0 Å². The lowest BCUT2D eigenvalue weighted by Crippen LogP contribution is -1.79. The minimum absolute atomic E-state index is 0.0607. The van der Waals surface area contributed by atoms with Gasteiger partial charge in [0.2, 0.25) is 0 Å². The van der Waals surface area contributed by atoms with Crippen LogP contribution in [-0.4, -0.2) is 5.75 Å². The van der Waals surface area contributed by atoms with Crippen molar-refractivity contribution in [1.29, 1.82) is 0 Å². The molecule has 0 aromatic heterocycles. The Morgan fingerprint density at radius 2 is 2.09 bits per heavy atom. The fourth-order valence-corrected chi connectivity index (χ4v) is 3.23. The number of thiol groups is 1. The van der Waals surface area contributed by atoms with Crippen LogP contribution in [0.5, 0.6) is 0 Å². The van der Waals surface area contributed by atoms with Crippen molar-refractivity contribution in [1.82, 2.24) is 0 Å². The normalized spacial score (nSPS) is 23.5. The molecule has 0 saturated carbocycles. The zero-order valence-electron chi connectivity index (χ0n) is 6.62. The van der Waals surface area contributed by atoms with E-state index in [0.717, 1.165) is 0 Å². The summed E-state index contributed by atoms with van der Waals surface area (Å²) in [6.45, 7) is 2.26. The second-order valence-electron chi connectivity index (χ2n) is 2.66. The van der Waals surface area contributed by atoms with Gasteiger partial charge in [-0.1, -0.05) is 25.1 Å². The Kier molecular flexibility index (Phi) is 1.74. The van der Waals surface area contributed by atoms with E-state index < -0.39 is 0 Å². The molecule has 1 heterocycles. The summed E-state index contributed by atoms with van der Waals surface area (Å²) in [5, 5.41) is 2.36. The first-order chi connectivity index (χ1) is 5.42. The van der Waals surface area contributed by atoms with Crippen LogP contribution in [0.3, 0.4) is 0 Å². The van der Waals surface area contributed by atoms with Gasteiger partial charge in [0.15, 0.2) is 0 Å². The van der Waals surface area contributed by atoms with Crippen molar-refractivity contribution in [3.8, 4) is 0 Å². The van der Waals surface area contributed by atoms with Crippen LogP contribution in [0, 0.1) is 0 Å². The Hall–Kier alpha value is -0.690. The number of hydrogen-bond acceptors (Lipinski definition) is 0. The van der Waals surface area contributed by atoms with Crippen LogP contribution in [0.15, 0.2) is 34.6 Å². The molecule has 1 atom stereocenters. The van der Waals surface area contributed by atoms with Gasteiger partial charge in [-0.2, -0.15) is 0 Å². The molecule has 11 heavy (non-hydrogen) atoms. The zero-order valence-corrected chi connectivity index (χ0v) is 7.51. The van der Waals surface area contributed by atoms with Gasteiger partial charge in [-0.3, -0.25) is 0 Å². The van der Waals surface area contributed by atoms with E-state index >= 15 is 0 Å². The molecule has 2 rings (SSSR count). The monoisotopic (exact) mass is 164 g/mol. The third-order valence-electron chi connectivity index (χ3n) is 2.02. The highest BCUT2D eigenvalue weighted by molar-refractivity contribution is 8.20. The molecule has 1 aromatic rings. The Labute approximate surface area is 70.3 Å². The van der Waals surface area contributed by atoms with Gasteiger partial charge in [0.1, 0.15) is 0 Å². The van der Waals surface area contributed by atoms with Crippen LogP contribution in [0.4, 0.5) is 0 Å². The summed E-state index contributed by atoms with van der Waals surface area (Å²) in [5.74, 6) is 1.28. The highest BCUT2D eigenvalue weighted by Gasteiger charge is 2.09. The van der Waals surface area contributed by atoms with Crippen molar-refractivity contribution in [2.45, 2.75) is 11.8 Å². The molecule has 58 valence electrons. The van der Waals surface area contributed by atoms with Gasteiger partial charge in [-0.25, -0.2) is 10.9 Å². The molecule has 0 nitrogen and oxygen atoms in total. The molecule has 1 aliphatic heterocycles. The van der Waals surface area contributed by atoms with Crippen molar-refractivity contribution in [2.24, 2.45) is 0 Å². The molecular formula is C10H12S. The molecule has 0 amide bonds. The number of rotatable bonds is 1. The Balaban J connectivity index is 2.46. The van der Waals surface area contributed by atoms with E-state index in [9.17, 15) is 0 Å². The second-order valence-corrected chi connectivity index (χ2v) is 5.01. The lowest BCUT2D eigenvalue weighted by atomic mass is 10.2. The summed E-state index contributed by atoms with van der Waals surface area (Å²) >= 11 is 0. The molecule has 0 fully saturated rings. The molecule has 1 unspecified atom stereocenters. The van der Waals surface area contributed by atoms with Crippen LogP contribution >= 0.6 is 10.9 Å². The van der Waals surface area contributed by atoms with Crippen LogP contribution in [0.25, 0.3) is 6.08 Å². The van der Waals surface area contributed by atoms with E-state index in [4.69, 9.17) is 0 Å². The van der Waals surface area contributed by atoms with Crippen LogP contribution in [-0.2, 0) is 0 Å². The Morgan fingerprint density at radius 1 is 1.27 bits per heavy atom. The van der Waals surface area contributed by atoms with Gasteiger partial charge in [-0.05, 0) is 33.8 Å². The molecule has 1 aliphatic rings. The van der Waals surface area contributed by atoms with Gasteiger partial charge in [0, 0.05) is 0 Å². The van der Waals surface area contributed by atoms with Crippen molar-refractivity contribution < 1.29 is 0 Å². The SMILES string of the molecule is CC[SH]1C=Cc2ccccc21. The molecule has 0 spiro atoms. The minimum Gasteiger partial charge on any atom is -0.206 e. The third-order valence-corrected chi connectivity index (χ3v) is 4.24. The summed E-state index contributed by atoms with van der Waals surface area (Å²) in [7, 11) is 0.0607. The van der Waals surface area contributed by atoms with E-state index in [2.05, 4.69) is 42.7 Å². The van der Waals surface area contributed by atoms with Gasteiger partial charge in [0.05, 0.1) is 0 Å². The smallest absolute Gasteiger partial charge is 0.00175 e. The first kappa shape index (κ1) is 6.99. The van der Waals surface area contributed by atoms with Gasteiger partial charge in [-0.15, -0.1) is 0 Å². The lowest BCUT2D eigenvalue weighted by molar-refractivity contribution is 1.40. The maximum Gasteiger partial charge on any atom is -0.00175 e. The van der Waals surface area contributed by atoms with Crippen molar-refractivity contribution in [2.75, 3.05) is 5.75 Å². The van der Waals surface area contributed by atoms with E-state index in [1.165, 1.54) is 11.3 Å². The quantitative estimate of drug-likeness (QED) is 0.606. The number of benzene rings is 1. The summed E-state index contributed by atoms with van der Waals surface area (Å²) in [6, 6.07) is 8.70. The first-order valence-corrected chi connectivity index (χ1v) is 5.55. The average molecular weight is 164 g/mol. The highest BCUT2D eigenvalue weighted by Crippen LogP contribution is 2.45. The summed E-state index contributed by atoms with van der Waals surface area (Å²) in [5.41, 5.74) is 1.43. The van der Waals surface area contributed by atoms with Crippen molar-refractivity contribution in [3.05, 3.63) is 35.2 Å². The maximum absolute atomic E-state index is 2.36. The minimum atomic E-state index is 0.0607. The highest BCUT2D eigenvalue weighted by atomic mass is 32.2. The molecule has 0 bridgehead atoms. The van der Waals surface area contributed by atoms with E-state index in [0.29, 0.717) is 0 Å². The predicted molar refractivity (Wildman–Crippen MR) is 53.3 cm³/mol.